The maximum absolute atomic E-state index is 12.9. The fourth-order valence-electron chi connectivity index (χ4n) is 3.83. The van der Waals surface area contributed by atoms with E-state index in [-0.39, 0.29) is 18.3 Å². The molecule has 0 saturated carbocycles. The Bertz CT molecular complexity index is 527. The molecule has 0 radical (unpaired) electrons. The van der Waals surface area contributed by atoms with Gasteiger partial charge in [-0.15, -0.1) is 17.5 Å². The molecule has 2 fully saturated rings. The summed E-state index contributed by atoms with van der Waals surface area (Å²) in [6.45, 7) is 7.33. The van der Waals surface area contributed by atoms with E-state index < -0.39 is 0 Å². The van der Waals surface area contributed by atoms with Crippen molar-refractivity contribution in [1.29, 1.82) is 0 Å². The Kier molecular flexibility index (Phi) is 7.04. The normalized spacial score (nSPS) is 22.5. The quantitative estimate of drug-likeness (QED) is 0.901. The molecule has 1 amide bonds. The molecule has 136 valence electrons. The average molecular weight is 356 g/mol. The summed E-state index contributed by atoms with van der Waals surface area (Å²) in [6.07, 6.45) is 8.49. The minimum absolute atomic E-state index is 0. The van der Waals surface area contributed by atoms with Gasteiger partial charge < -0.3 is 10.2 Å². The van der Waals surface area contributed by atoms with Gasteiger partial charge in [-0.3, -0.25) is 4.79 Å². The number of hydrogen-bond acceptors (Lipinski definition) is 4. The number of carbonyl (C=O) groups excluding carboxylic acids is 1. The molecule has 7 heteroatoms. The summed E-state index contributed by atoms with van der Waals surface area (Å²) < 4.78 is 1.90. The smallest absolute Gasteiger partial charge is 0.276 e. The van der Waals surface area contributed by atoms with Crippen LogP contribution in [0.15, 0.2) is 6.20 Å². The Hall–Kier alpha value is -1.14. The van der Waals surface area contributed by atoms with Crippen LogP contribution in [0.3, 0.4) is 0 Å². The number of nitrogens with one attached hydrogen (secondary N) is 1. The fraction of sp³-hybridized carbons (Fsp3) is 0.824. The van der Waals surface area contributed by atoms with Crippen molar-refractivity contribution in [2.75, 3.05) is 19.6 Å². The van der Waals surface area contributed by atoms with Crippen LogP contribution in [-0.2, 0) is 0 Å². The topological polar surface area (TPSA) is 63.1 Å². The van der Waals surface area contributed by atoms with Gasteiger partial charge in [0, 0.05) is 12.6 Å². The van der Waals surface area contributed by atoms with E-state index in [1.807, 2.05) is 15.8 Å². The lowest BCUT2D eigenvalue weighted by Crippen LogP contribution is -2.44. The number of likely N-dealkylation sites (tertiary alicyclic amines) is 1. The second-order valence-electron chi connectivity index (χ2n) is 7.34. The molecule has 1 atom stereocenters. The largest absolute Gasteiger partial charge is 0.334 e. The van der Waals surface area contributed by atoms with E-state index in [2.05, 4.69) is 29.5 Å². The van der Waals surface area contributed by atoms with Crippen molar-refractivity contribution < 1.29 is 4.79 Å². The van der Waals surface area contributed by atoms with Gasteiger partial charge in [-0.1, -0.05) is 19.1 Å². The molecule has 2 aliphatic heterocycles. The monoisotopic (exact) mass is 355 g/mol. The molecule has 0 spiro atoms. The predicted octanol–water partition coefficient (Wildman–Crippen LogP) is 2.67. The number of halogens is 1. The Morgan fingerprint density at radius 1 is 1.29 bits per heavy atom. The molecule has 1 aromatic rings. The summed E-state index contributed by atoms with van der Waals surface area (Å²) in [5, 5.41) is 11.8. The molecule has 1 N–H and O–H groups in total. The van der Waals surface area contributed by atoms with Crippen LogP contribution in [0.5, 0.6) is 0 Å². The van der Waals surface area contributed by atoms with Gasteiger partial charge in [0.2, 0.25) is 0 Å². The van der Waals surface area contributed by atoms with E-state index in [4.69, 9.17) is 0 Å². The zero-order chi connectivity index (χ0) is 16.2. The van der Waals surface area contributed by atoms with Crippen LogP contribution in [-0.4, -0.2) is 51.5 Å². The van der Waals surface area contributed by atoms with Crippen molar-refractivity contribution in [3.05, 3.63) is 11.9 Å². The number of piperidine rings is 2. The molecule has 24 heavy (non-hydrogen) atoms. The first-order chi connectivity index (χ1) is 11.1. The van der Waals surface area contributed by atoms with Gasteiger partial charge in [-0.25, -0.2) is 4.68 Å². The van der Waals surface area contributed by atoms with Gasteiger partial charge in [-0.2, -0.15) is 0 Å². The third kappa shape index (κ3) is 4.48. The SMILES string of the molecule is CC(C)CC1CCCCN1C(=O)c1cn(C2CCNCC2)nn1.Cl. The van der Waals surface area contributed by atoms with Crippen LogP contribution in [0, 0.1) is 5.92 Å². The lowest BCUT2D eigenvalue weighted by molar-refractivity contribution is 0.0578. The Morgan fingerprint density at radius 2 is 2.04 bits per heavy atom. The van der Waals surface area contributed by atoms with Crippen LogP contribution in [0.2, 0.25) is 0 Å². The van der Waals surface area contributed by atoms with Gasteiger partial charge >= 0.3 is 0 Å². The lowest BCUT2D eigenvalue weighted by Gasteiger charge is -2.36. The summed E-state index contributed by atoms with van der Waals surface area (Å²) in [5.74, 6) is 0.675. The summed E-state index contributed by atoms with van der Waals surface area (Å²) >= 11 is 0. The highest BCUT2D eigenvalue weighted by Crippen LogP contribution is 2.25. The van der Waals surface area contributed by atoms with Crippen molar-refractivity contribution in [2.24, 2.45) is 5.92 Å². The van der Waals surface area contributed by atoms with Crippen molar-refractivity contribution in [3.63, 3.8) is 0 Å². The molecular weight excluding hydrogens is 326 g/mol. The van der Waals surface area contributed by atoms with E-state index in [0.717, 1.165) is 51.7 Å². The first-order valence-electron chi connectivity index (χ1n) is 9.08. The van der Waals surface area contributed by atoms with Crippen LogP contribution < -0.4 is 5.32 Å². The summed E-state index contributed by atoms with van der Waals surface area (Å²) in [5.41, 5.74) is 0.513. The first kappa shape index (κ1) is 19.2. The molecule has 0 aliphatic carbocycles. The number of amides is 1. The van der Waals surface area contributed by atoms with Crippen molar-refractivity contribution >= 4 is 18.3 Å². The van der Waals surface area contributed by atoms with Gasteiger partial charge in [0.15, 0.2) is 5.69 Å². The molecule has 1 unspecified atom stereocenters. The lowest BCUT2D eigenvalue weighted by atomic mass is 9.94. The molecule has 1 aromatic heterocycles. The highest BCUT2D eigenvalue weighted by atomic mass is 35.5. The van der Waals surface area contributed by atoms with Crippen molar-refractivity contribution in [3.8, 4) is 0 Å². The molecule has 2 saturated heterocycles. The molecule has 0 aromatic carbocycles. The number of rotatable bonds is 4. The average Bonchev–Trinajstić information content (AvgIpc) is 3.05. The zero-order valence-corrected chi connectivity index (χ0v) is 15.6. The second-order valence-corrected chi connectivity index (χ2v) is 7.34. The molecule has 0 bridgehead atoms. The third-order valence-electron chi connectivity index (χ3n) is 5.04. The van der Waals surface area contributed by atoms with E-state index in [1.165, 1.54) is 6.42 Å². The molecule has 2 aliphatic rings. The van der Waals surface area contributed by atoms with Gasteiger partial charge in [-0.05, 0) is 57.5 Å². The first-order valence-corrected chi connectivity index (χ1v) is 9.08. The molecule has 3 heterocycles. The predicted molar refractivity (Wildman–Crippen MR) is 96.5 cm³/mol. The summed E-state index contributed by atoms with van der Waals surface area (Å²) in [4.78, 5) is 14.9. The number of nitrogens with zero attached hydrogens (tertiary/aromatic N) is 4. The standard InChI is InChI=1S/C17H29N5O.ClH/c1-13(2)11-15-5-3-4-10-21(15)17(23)16-12-22(20-19-16)14-6-8-18-9-7-14;/h12-15,18H,3-11H2,1-2H3;1H. The minimum Gasteiger partial charge on any atom is -0.334 e. The van der Waals surface area contributed by atoms with E-state index >= 15 is 0 Å². The van der Waals surface area contributed by atoms with Crippen LogP contribution in [0.4, 0.5) is 0 Å². The van der Waals surface area contributed by atoms with Crippen LogP contribution >= 0.6 is 12.4 Å². The zero-order valence-electron chi connectivity index (χ0n) is 14.8. The van der Waals surface area contributed by atoms with E-state index in [1.54, 1.807) is 0 Å². The highest BCUT2D eigenvalue weighted by molar-refractivity contribution is 5.92. The third-order valence-corrected chi connectivity index (χ3v) is 5.04. The minimum atomic E-state index is 0. The van der Waals surface area contributed by atoms with E-state index in [9.17, 15) is 4.79 Å². The second kappa shape index (κ2) is 8.81. The summed E-state index contributed by atoms with van der Waals surface area (Å²) in [7, 11) is 0. The fourth-order valence-corrected chi connectivity index (χ4v) is 3.83. The Morgan fingerprint density at radius 3 is 2.75 bits per heavy atom. The Labute approximate surface area is 150 Å². The molecular formula is C17H30ClN5O. The highest BCUT2D eigenvalue weighted by Gasteiger charge is 2.30. The van der Waals surface area contributed by atoms with Gasteiger partial charge in [0.25, 0.3) is 5.91 Å². The summed E-state index contributed by atoms with van der Waals surface area (Å²) in [6, 6.07) is 0.735. The number of aromatic nitrogens is 3. The molecule has 6 nitrogen and oxygen atoms in total. The Balaban J connectivity index is 0.00000208. The van der Waals surface area contributed by atoms with Crippen molar-refractivity contribution in [2.45, 2.75) is 64.5 Å². The van der Waals surface area contributed by atoms with E-state index in [0.29, 0.717) is 23.7 Å². The molecule has 3 rings (SSSR count). The van der Waals surface area contributed by atoms with Crippen molar-refractivity contribution in [1.82, 2.24) is 25.2 Å². The van der Waals surface area contributed by atoms with Crippen LogP contribution in [0.1, 0.15) is 68.9 Å². The number of carbonyl (C=O) groups is 1. The van der Waals surface area contributed by atoms with Gasteiger partial charge in [0.1, 0.15) is 0 Å². The van der Waals surface area contributed by atoms with Crippen LogP contribution in [0.25, 0.3) is 0 Å². The van der Waals surface area contributed by atoms with Gasteiger partial charge in [0.05, 0.1) is 12.2 Å². The maximum atomic E-state index is 12.9. The maximum Gasteiger partial charge on any atom is 0.276 e. The number of hydrogen-bond donors (Lipinski definition) is 1.